The fourth-order valence-electron chi connectivity index (χ4n) is 4.21. The van der Waals surface area contributed by atoms with E-state index in [-0.39, 0.29) is 5.60 Å². The lowest BCUT2D eigenvalue weighted by molar-refractivity contribution is -0.162. The molecule has 21 heavy (non-hydrogen) atoms. The molecule has 4 nitrogen and oxygen atoms in total. The van der Waals surface area contributed by atoms with Crippen LogP contribution in [-0.4, -0.2) is 40.8 Å². The first-order valence-corrected chi connectivity index (χ1v) is 8.75. The van der Waals surface area contributed by atoms with Crippen molar-refractivity contribution in [1.82, 2.24) is 4.90 Å². The molecule has 0 aromatic carbocycles. The maximum absolute atomic E-state index is 11.8. The summed E-state index contributed by atoms with van der Waals surface area (Å²) in [5, 5.41) is 11.8. The molecule has 1 spiro atoms. The molecule has 2 atom stereocenters. The van der Waals surface area contributed by atoms with Crippen LogP contribution in [0.2, 0.25) is 0 Å². The van der Waals surface area contributed by atoms with Crippen molar-refractivity contribution in [3.63, 3.8) is 0 Å². The van der Waals surface area contributed by atoms with Gasteiger partial charge in [0, 0.05) is 24.1 Å². The van der Waals surface area contributed by atoms with Gasteiger partial charge < -0.3 is 9.84 Å². The molecule has 114 valence electrons. The zero-order valence-corrected chi connectivity index (χ0v) is 12.9. The van der Waals surface area contributed by atoms with Gasteiger partial charge in [0.1, 0.15) is 6.04 Å². The lowest BCUT2D eigenvalue weighted by Gasteiger charge is -2.51. The minimum Gasteiger partial charge on any atom is -0.480 e. The summed E-state index contributed by atoms with van der Waals surface area (Å²) in [6.07, 6.45) is 6.52. The van der Waals surface area contributed by atoms with E-state index in [9.17, 15) is 9.90 Å². The maximum Gasteiger partial charge on any atom is 0.325 e. The Hall–Kier alpha value is -0.910. The normalized spacial score (nSPS) is 31.6. The van der Waals surface area contributed by atoms with E-state index in [1.807, 2.05) is 11.4 Å². The molecular weight excluding hydrogens is 286 g/mol. The average Bonchev–Trinajstić information content (AvgIpc) is 2.92. The Morgan fingerprint density at radius 2 is 2.33 bits per heavy atom. The van der Waals surface area contributed by atoms with Gasteiger partial charge in [0.05, 0.1) is 5.60 Å². The van der Waals surface area contributed by atoms with Crippen molar-refractivity contribution in [2.45, 2.75) is 56.2 Å². The third-order valence-corrected chi connectivity index (χ3v) is 6.43. The summed E-state index contributed by atoms with van der Waals surface area (Å²) in [5.74, 6) is -0.705. The number of thiophene rings is 1. The minimum absolute atomic E-state index is 0.0703. The number of ether oxygens (including phenoxy) is 1. The maximum atomic E-state index is 11.8. The Morgan fingerprint density at radius 3 is 3.05 bits per heavy atom. The molecule has 0 radical (unpaired) electrons. The molecule has 1 N–H and O–H groups in total. The second-order valence-corrected chi connectivity index (χ2v) is 7.56. The Bertz CT molecular complexity index is 551. The molecule has 1 saturated carbocycles. The van der Waals surface area contributed by atoms with Crippen LogP contribution in [0.4, 0.5) is 0 Å². The number of carbonyl (C=O) groups is 1. The quantitative estimate of drug-likeness (QED) is 0.913. The van der Waals surface area contributed by atoms with Crippen molar-refractivity contribution in [3.05, 3.63) is 21.9 Å². The summed E-state index contributed by atoms with van der Waals surface area (Å²) >= 11 is 1.70. The summed E-state index contributed by atoms with van der Waals surface area (Å²) < 4.78 is 6.00. The summed E-state index contributed by atoms with van der Waals surface area (Å²) in [7, 11) is 0. The molecular formula is C16H21NO3S. The Balaban J connectivity index is 1.60. The first kappa shape index (κ1) is 13.7. The zero-order valence-electron chi connectivity index (χ0n) is 12.1. The van der Waals surface area contributed by atoms with Gasteiger partial charge in [0.25, 0.3) is 0 Å². The number of nitrogens with zero attached hydrogens (tertiary/aromatic N) is 1. The van der Waals surface area contributed by atoms with Gasteiger partial charge in [-0.05, 0) is 55.5 Å². The molecule has 1 aromatic rings. The summed E-state index contributed by atoms with van der Waals surface area (Å²) in [6, 6.07) is 1.90. The van der Waals surface area contributed by atoms with Gasteiger partial charge in [0.2, 0.25) is 0 Å². The number of fused-ring (bicyclic) bond motifs is 1. The van der Waals surface area contributed by atoms with E-state index in [1.165, 1.54) is 11.3 Å². The Labute approximate surface area is 128 Å². The first-order chi connectivity index (χ1) is 10.2. The molecule has 2 unspecified atom stereocenters. The van der Waals surface area contributed by atoms with E-state index < -0.39 is 12.0 Å². The van der Waals surface area contributed by atoms with Crippen LogP contribution in [0.25, 0.3) is 0 Å². The lowest BCUT2D eigenvalue weighted by atomic mass is 9.73. The monoisotopic (exact) mass is 307 g/mol. The lowest BCUT2D eigenvalue weighted by Crippen LogP contribution is -2.54. The van der Waals surface area contributed by atoms with Crippen LogP contribution in [0.1, 0.15) is 48.6 Å². The van der Waals surface area contributed by atoms with Crippen LogP contribution < -0.4 is 0 Å². The van der Waals surface area contributed by atoms with Crippen LogP contribution >= 0.6 is 11.3 Å². The average molecular weight is 307 g/mol. The van der Waals surface area contributed by atoms with E-state index in [4.69, 9.17) is 4.74 Å². The van der Waals surface area contributed by atoms with Crippen molar-refractivity contribution in [2.24, 2.45) is 0 Å². The standard InChI is InChI=1S/C16H21NO3S/c18-15(19)14-12-4-9-21-13(12)2-7-17(14)11-3-8-20-16(10-11)5-1-6-16/h4,9,11,14H,1-3,5-8,10H2,(H,18,19). The zero-order chi connectivity index (χ0) is 14.4. The van der Waals surface area contributed by atoms with Crippen molar-refractivity contribution in [2.75, 3.05) is 13.2 Å². The summed E-state index contributed by atoms with van der Waals surface area (Å²) in [6.45, 7) is 1.65. The van der Waals surface area contributed by atoms with Crippen LogP contribution in [0, 0.1) is 0 Å². The molecule has 3 heterocycles. The second-order valence-electron chi connectivity index (χ2n) is 6.56. The van der Waals surface area contributed by atoms with Gasteiger partial charge in [-0.2, -0.15) is 0 Å². The minimum atomic E-state index is -0.705. The van der Waals surface area contributed by atoms with E-state index in [1.54, 1.807) is 11.3 Å². The molecule has 2 aliphatic heterocycles. The van der Waals surface area contributed by atoms with E-state index >= 15 is 0 Å². The van der Waals surface area contributed by atoms with Gasteiger partial charge in [-0.25, -0.2) is 0 Å². The van der Waals surface area contributed by atoms with Gasteiger partial charge in [0.15, 0.2) is 0 Å². The van der Waals surface area contributed by atoms with Gasteiger partial charge >= 0.3 is 5.97 Å². The molecule has 1 aliphatic carbocycles. The molecule has 5 heteroatoms. The fourth-order valence-corrected chi connectivity index (χ4v) is 5.11. The van der Waals surface area contributed by atoms with E-state index in [2.05, 4.69) is 4.90 Å². The summed E-state index contributed by atoms with van der Waals surface area (Å²) in [4.78, 5) is 15.3. The van der Waals surface area contributed by atoms with Crippen molar-refractivity contribution >= 4 is 17.3 Å². The third kappa shape index (κ3) is 2.22. The molecule has 2 fully saturated rings. The first-order valence-electron chi connectivity index (χ1n) is 7.87. The Morgan fingerprint density at radius 1 is 1.48 bits per heavy atom. The van der Waals surface area contributed by atoms with Gasteiger partial charge in [-0.3, -0.25) is 9.69 Å². The van der Waals surface area contributed by atoms with Crippen LogP contribution in [0.3, 0.4) is 0 Å². The molecule has 0 amide bonds. The SMILES string of the molecule is O=C(O)C1c2ccsc2CCN1C1CCOC2(CCC2)C1. The number of rotatable bonds is 2. The number of hydrogen-bond donors (Lipinski definition) is 1. The van der Waals surface area contributed by atoms with Crippen molar-refractivity contribution < 1.29 is 14.6 Å². The van der Waals surface area contributed by atoms with Crippen LogP contribution in [0.5, 0.6) is 0 Å². The Kier molecular flexibility index (Phi) is 3.32. The highest BCUT2D eigenvalue weighted by Gasteiger charge is 2.46. The highest BCUT2D eigenvalue weighted by Crippen LogP contribution is 2.45. The smallest absolute Gasteiger partial charge is 0.325 e. The predicted octanol–water partition coefficient (Wildman–Crippen LogP) is 2.83. The number of hydrogen-bond acceptors (Lipinski definition) is 4. The van der Waals surface area contributed by atoms with Crippen LogP contribution in [-0.2, 0) is 16.0 Å². The topological polar surface area (TPSA) is 49.8 Å². The number of aliphatic carboxylic acids is 1. The molecule has 4 rings (SSSR count). The molecule has 0 bridgehead atoms. The van der Waals surface area contributed by atoms with E-state index in [0.717, 1.165) is 50.8 Å². The number of carboxylic acids is 1. The number of carboxylic acid groups (broad SMARTS) is 1. The molecule has 3 aliphatic rings. The molecule has 1 aromatic heterocycles. The summed E-state index contributed by atoms with van der Waals surface area (Å²) in [5.41, 5.74) is 1.09. The van der Waals surface area contributed by atoms with Gasteiger partial charge in [-0.1, -0.05) is 0 Å². The third-order valence-electron chi connectivity index (χ3n) is 5.44. The van der Waals surface area contributed by atoms with Gasteiger partial charge in [-0.15, -0.1) is 11.3 Å². The van der Waals surface area contributed by atoms with E-state index in [0.29, 0.717) is 6.04 Å². The predicted molar refractivity (Wildman–Crippen MR) is 80.7 cm³/mol. The molecule has 1 saturated heterocycles. The fraction of sp³-hybridized carbons (Fsp3) is 0.688. The van der Waals surface area contributed by atoms with Crippen LogP contribution in [0.15, 0.2) is 11.4 Å². The highest BCUT2D eigenvalue weighted by atomic mass is 32.1. The van der Waals surface area contributed by atoms with Crippen molar-refractivity contribution in [3.8, 4) is 0 Å². The van der Waals surface area contributed by atoms with Crippen molar-refractivity contribution in [1.29, 1.82) is 0 Å². The second kappa shape index (κ2) is 5.07. The largest absolute Gasteiger partial charge is 0.480 e. The highest BCUT2D eigenvalue weighted by molar-refractivity contribution is 7.10.